The topological polar surface area (TPSA) is 91.6 Å². The number of carbonyl (C=O) groups excluding carboxylic acids is 2. The Labute approximate surface area is 211 Å². The molecule has 2 aliphatic rings. The fraction of sp³-hybridized carbons (Fsp3) is 0.240. The van der Waals surface area contributed by atoms with Crippen LogP contribution in [0.5, 0.6) is 5.75 Å². The Bertz CT molecular complexity index is 1540. The molecule has 3 heterocycles. The zero-order valence-corrected chi connectivity index (χ0v) is 19.7. The average Bonchev–Trinajstić information content (AvgIpc) is 2.86. The minimum absolute atomic E-state index is 0.0343. The number of aromatic nitrogens is 1. The fourth-order valence-corrected chi connectivity index (χ4v) is 4.94. The van der Waals surface area contributed by atoms with E-state index in [0.29, 0.717) is 24.8 Å². The number of rotatable bonds is 3. The molecule has 7 nitrogen and oxygen atoms in total. The zero-order valence-electron chi connectivity index (χ0n) is 19.0. The van der Waals surface area contributed by atoms with Crippen molar-refractivity contribution in [2.24, 2.45) is 0 Å². The van der Waals surface area contributed by atoms with Crippen molar-refractivity contribution in [3.05, 3.63) is 91.4 Å². The SMILES string of the molecule is O=C(NCc1ccc(F)c(Cl)c1F)c1cn2c(c(O)c1=O)C(=O)N1C[C@@H]2CCCc2cc(F)c(F)cc21. The van der Waals surface area contributed by atoms with Gasteiger partial charge in [-0.05, 0) is 37.0 Å². The fourth-order valence-electron chi connectivity index (χ4n) is 4.76. The van der Waals surface area contributed by atoms with Crippen molar-refractivity contribution in [2.75, 3.05) is 11.4 Å². The molecule has 0 saturated carbocycles. The van der Waals surface area contributed by atoms with Crippen molar-refractivity contribution < 1.29 is 32.3 Å². The van der Waals surface area contributed by atoms with Crippen LogP contribution in [0.4, 0.5) is 23.2 Å². The van der Waals surface area contributed by atoms with Crippen molar-refractivity contribution >= 4 is 29.1 Å². The first-order valence-corrected chi connectivity index (χ1v) is 11.6. The first kappa shape index (κ1) is 24.8. The van der Waals surface area contributed by atoms with E-state index in [4.69, 9.17) is 11.6 Å². The highest BCUT2D eigenvalue weighted by atomic mass is 35.5. The maximum absolute atomic E-state index is 14.2. The molecule has 192 valence electrons. The number of anilines is 1. The molecule has 0 unspecified atom stereocenters. The lowest BCUT2D eigenvalue weighted by Gasteiger charge is -2.39. The number of aryl methyl sites for hydroxylation is 1. The second kappa shape index (κ2) is 9.22. The number of nitrogens with one attached hydrogen (secondary N) is 1. The van der Waals surface area contributed by atoms with E-state index in [-0.39, 0.29) is 23.5 Å². The van der Waals surface area contributed by atoms with Crippen LogP contribution in [0.25, 0.3) is 0 Å². The average molecular weight is 536 g/mol. The van der Waals surface area contributed by atoms with E-state index in [9.17, 15) is 37.1 Å². The van der Waals surface area contributed by atoms with Crippen LogP contribution in [0.15, 0.2) is 35.3 Å². The van der Waals surface area contributed by atoms with Gasteiger partial charge < -0.3 is 19.9 Å². The molecule has 1 atom stereocenters. The molecule has 0 radical (unpaired) electrons. The van der Waals surface area contributed by atoms with Crippen molar-refractivity contribution in [2.45, 2.75) is 31.8 Å². The van der Waals surface area contributed by atoms with Crippen LogP contribution in [0.3, 0.4) is 0 Å². The van der Waals surface area contributed by atoms with E-state index in [2.05, 4.69) is 5.32 Å². The molecule has 0 saturated heterocycles. The second-order valence-corrected chi connectivity index (χ2v) is 9.23. The molecule has 3 aromatic rings. The summed E-state index contributed by atoms with van der Waals surface area (Å²) < 4.78 is 56.8. The lowest BCUT2D eigenvalue weighted by Crippen LogP contribution is -2.46. The number of halogens is 5. The summed E-state index contributed by atoms with van der Waals surface area (Å²) >= 11 is 5.55. The van der Waals surface area contributed by atoms with Gasteiger partial charge >= 0.3 is 0 Å². The molecule has 5 rings (SSSR count). The summed E-state index contributed by atoms with van der Waals surface area (Å²) in [7, 11) is 0. The van der Waals surface area contributed by atoms with Crippen LogP contribution in [0, 0.1) is 23.3 Å². The van der Waals surface area contributed by atoms with Crippen molar-refractivity contribution in [3.8, 4) is 5.75 Å². The van der Waals surface area contributed by atoms with Crippen molar-refractivity contribution in [3.63, 3.8) is 0 Å². The Morgan fingerprint density at radius 1 is 1.11 bits per heavy atom. The maximum Gasteiger partial charge on any atom is 0.279 e. The monoisotopic (exact) mass is 535 g/mol. The number of benzene rings is 2. The van der Waals surface area contributed by atoms with Gasteiger partial charge in [0.15, 0.2) is 23.1 Å². The first-order valence-electron chi connectivity index (χ1n) is 11.3. The maximum atomic E-state index is 14.2. The summed E-state index contributed by atoms with van der Waals surface area (Å²) in [5, 5.41) is 12.3. The summed E-state index contributed by atoms with van der Waals surface area (Å²) in [6, 6.07) is 3.47. The van der Waals surface area contributed by atoms with Crippen LogP contribution < -0.4 is 15.6 Å². The van der Waals surface area contributed by atoms with Gasteiger partial charge in [0.25, 0.3) is 11.8 Å². The van der Waals surface area contributed by atoms with Gasteiger partial charge in [-0.15, -0.1) is 0 Å². The Morgan fingerprint density at radius 3 is 2.59 bits per heavy atom. The smallest absolute Gasteiger partial charge is 0.279 e. The number of aromatic hydroxyl groups is 1. The Morgan fingerprint density at radius 2 is 1.84 bits per heavy atom. The molecular weight excluding hydrogens is 518 g/mol. The molecule has 0 spiro atoms. The summed E-state index contributed by atoms with van der Waals surface area (Å²) in [4.78, 5) is 40.2. The van der Waals surface area contributed by atoms with Gasteiger partial charge in [0.05, 0.1) is 11.7 Å². The van der Waals surface area contributed by atoms with Crippen LogP contribution in [0.1, 0.15) is 50.9 Å². The molecule has 2 amide bonds. The summed E-state index contributed by atoms with van der Waals surface area (Å²) in [6.45, 7) is -0.395. The lowest BCUT2D eigenvalue weighted by atomic mass is 9.95. The number of carbonyl (C=O) groups is 2. The largest absolute Gasteiger partial charge is 0.503 e. The third-order valence-electron chi connectivity index (χ3n) is 6.64. The molecule has 2 aromatic carbocycles. The standard InChI is InChI=1S/C25H18ClF4N3O4/c26-19-15(27)5-4-12(20(19)30)8-31-24(36)14-10-32-13-3-1-2-11-6-16(28)17(29)7-18(11)33(9-13)25(37)21(32)23(35)22(14)34/h4-7,10,13,35H,1-3,8-9H2,(H,31,36)/t13-/m0/s1. The van der Waals surface area contributed by atoms with Gasteiger partial charge in [0, 0.05) is 30.9 Å². The predicted molar refractivity (Wildman–Crippen MR) is 125 cm³/mol. The second-order valence-electron chi connectivity index (χ2n) is 8.85. The van der Waals surface area contributed by atoms with Gasteiger partial charge in [-0.25, -0.2) is 17.6 Å². The molecule has 1 aromatic heterocycles. The van der Waals surface area contributed by atoms with Crippen molar-refractivity contribution in [1.82, 2.24) is 9.88 Å². The molecule has 0 fully saturated rings. The van der Waals surface area contributed by atoms with Crippen molar-refractivity contribution in [1.29, 1.82) is 0 Å². The number of nitrogens with zero attached hydrogens (tertiary/aromatic N) is 2. The van der Waals surface area contributed by atoms with Gasteiger partial charge in [0.2, 0.25) is 5.43 Å². The van der Waals surface area contributed by atoms with E-state index in [1.54, 1.807) is 0 Å². The third kappa shape index (κ3) is 4.12. The summed E-state index contributed by atoms with van der Waals surface area (Å²) in [5.41, 5.74) is -1.58. The normalized spacial score (nSPS) is 16.5. The molecule has 0 aliphatic carbocycles. The molecule has 37 heavy (non-hydrogen) atoms. The Balaban J connectivity index is 1.51. The molecule has 2 bridgehead atoms. The molecule has 12 heteroatoms. The van der Waals surface area contributed by atoms with E-state index >= 15 is 0 Å². The Kier molecular flexibility index (Phi) is 6.18. The zero-order chi connectivity index (χ0) is 26.6. The van der Waals surface area contributed by atoms with E-state index in [1.807, 2.05) is 0 Å². The predicted octanol–water partition coefficient (Wildman–Crippen LogP) is 4.23. The van der Waals surface area contributed by atoms with Crippen LogP contribution in [-0.2, 0) is 13.0 Å². The molecule has 2 N–H and O–H groups in total. The van der Waals surface area contributed by atoms with Gasteiger partial charge in [0.1, 0.15) is 22.2 Å². The van der Waals surface area contributed by atoms with Gasteiger partial charge in [-0.1, -0.05) is 17.7 Å². The van der Waals surface area contributed by atoms with Gasteiger partial charge in [-0.3, -0.25) is 14.4 Å². The molecule has 2 aliphatic heterocycles. The number of amides is 2. The Hall–Kier alpha value is -3.86. The minimum Gasteiger partial charge on any atom is -0.503 e. The first-order chi connectivity index (χ1) is 17.6. The lowest BCUT2D eigenvalue weighted by molar-refractivity contribution is 0.0927. The summed E-state index contributed by atoms with van der Waals surface area (Å²) in [5.74, 6) is -6.97. The van der Waals surface area contributed by atoms with Crippen LogP contribution >= 0.6 is 11.6 Å². The number of pyridine rings is 1. The summed E-state index contributed by atoms with van der Waals surface area (Å²) in [6.07, 6.45) is 2.46. The third-order valence-corrected chi connectivity index (χ3v) is 6.99. The molecular formula is C25H18ClF4N3O4. The highest BCUT2D eigenvalue weighted by Crippen LogP contribution is 2.37. The quantitative estimate of drug-likeness (QED) is 0.388. The van der Waals surface area contributed by atoms with E-state index < -0.39 is 69.4 Å². The van der Waals surface area contributed by atoms with E-state index in [0.717, 1.165) is 30.5 Å². The minimum atomic E-state index is -1.14. The number of fused-ring (bicyclic) bond motifs is 6. The van der Waals surface area contributed by atoms with Crippen LogP contribution in [0.2, 0.25) is 5.02 Å². The van der Waals surface area contributed by atoms with Gasteiger partial charge in [-0.2, -0.15) is 0 Å². The highest BCUT2D eigenvalue weighted by Gasteiger charge is 2.38. The number of hydrogen-bond acceptors (Lipinski definition) is 4. The van der Waals surface area contributed by atoms with Crippen LogP contribution in [-0.4, -0.2) is 28.0 Å². The number of hydrogen-bond donors (Lipinski definition) is 2. The van der Waals surface area contributed by atoms with E-state index in [1.165, 1.54) is 9.47 Å². The highest BCUT2D eigenvalue weighted by molar-refractivity contribution is 6.31.